The first kappa shape index (κ1) is 9.46. The number of ether oxygens (including phenoxy) is 1. The van der Waals surface area contributed by atoms with Gasteiger partial charge in [0.1, 0.15) is 5.60 Å². The zero-order valence-electron chi connectivity index (χ0n) is 7.64. The first-order chi connectivity index (χ1) is 5.69. The lowest BCUT2D eigenvalue weighted by Gasteiger charge is -2.20. The number of ketones is 1. The van der Waals surface area contributed by atoms with Crippen molar-refractivity contribution in [2.75, 3.05) is 6.61 Å². The summed E-state index contributed by atoms with van der Waals surface area (Å²) in [5, 5.41) is 0. The highest BCUT2D eigenvalue weighted by molar-refractivity contribution is 5.87. The molecule has 0 amide bonds. The summed E-state index contributed by atoms with van der Waals surface area (Å²) < 4.78 is 5.42. The molecule has 1 atom stereocenters. The van der Waals surface area contributed by atoms with Crippen LogP contribution in [0.15, 0.2) is 12.7 Å². The number of allylic oxidation sites excluding steroid dienone is 1. The monoisotopic (exact) mass is 168 g/mol. The summed E-state index contributed by atoms with van der Waals surface area (Å²) >= 11 is 0. The van der Waals surface area contributed by atoms with E-state index in [0.717, 1.165) is 25.9 Å². The molecule has 0 aromatic rings. The van der Waals surface area contributed by atoms with Crippen molar-refractivity contribution in [3.8, 4) is 0 Å². The van der Waals surface area contributed by atoms with E-state index in [1.807, 2.05) is 6.92 Å². The van der Waals surface area contributed by atoms with E-state index in [0.29, 0.717) is 6.42 Å². The van der Waals surface area contributed by atoms with E-state index in [9.17, 15) is 4.79 Å². The van der Waals surface area contributed by atoms with Gasteiger partial charge in [-0.3, -0.25) is 4.79 Å². The molecule has 0 bridgehead atoms. The normalized spacial score (nSPS) is 28.8. The molecule has 1 aliphatic heterocycles. The lowest BCUT2D eigenvalue weighted by molar-refractivity contribution is -0.137. The standard InChI is InChI=1S/C10H16O2/c1-3-4-6-9(11)10(2)7-5-8-12-10/h3H,1,4-8H2,2H3/t10-/m1/s1. The zero-order chi connectivity index (χ0) is 9.03. The molecular formula is C10H16O2. The Balaban J connectivity index is 2.44. The predicted octanol–water partition coefficient (Wildman–Crippen LogP) is 2.09. The molecule has 0 aromatic carbocycles. The highest BCUT2D eigenvalue weighted by Crippen LogP contribution is 2.27. The first-order valence-corrected chi connectivity index (χ1v) is 4.47. The van der Waals surface area contributed by atoms with Crippen LogP contribution in [-0.4, -0.2) is 18.0 Å². The van der Waals surface area contributed by atoms with Crippen molar-refractivity contribution >= 4 is 5.78 Å². The van der Waals surface area contributed by atoms with Crippen LogP contribution in [0.3, 0.4) is 0 Å². The third-order valence-corrected chi connectivity index (χ3v) is 2.38. The Morgan fingerprint density at radius 1 is 1.75 bits per heavy atom. The lowest BCUT2D eigenvalue weighted by atomic mass is 9.94. The Morgan fingerprint density at radius 3 is 3.00 bits per heavy atom. The number of Topliss-reactive ketones (excluding diaryl/α,β-unsaturated/α-hetero) is 1. The molecule has 1 rings (SSSR count). The summed E-state index contributed by atoms with van der Waals surface area (Å²) in [6.07, 6.45) is 4.99. The fourth-order valence-electron chi connectivity index (χ4n) is 1.50. The van der Waals surface area contributed by atoms with Gasteiger partial charge in [-0.15, -0.1) is 6.58 Å². The van der Waals surface area contributed by atoms with Crippen LogP contribution >= 0.6 is 0 Å². The molecule has 2 heteroatoms. The van der Waals surface area contributed by atoms with Crippen molar-refractivity contribution in [2.45, 2.75) is 38.2 Å². The molecule has 1 heterocycles. The molecule has 12 heavy (non-hydrogen) atoms. The number of hydrogen-bond donors (Lipinski definition) is 0. The summed E-state index contributed by atoms with van der Waals surface area (Å²) in [5.74, 6) is 0.222. The van der Waals surface area contributed by atoms with Gasteiger partial charge in [0.25, 0.3) is 0 Å². The molecule has 0 unspecified atom stereocenters. The van der Waals surface area contributed by atoms with E-state index in [1.165, 1.54) is 0 Å². The molecule has 1 saturated heterocycles. The topological polar surface area (TPSA) is 26.3 Å². The number of rotatable bonds is 4. The summed E-state index contributed by atoms with van der Waals surface area (Å²) in [6, 6.07) is 0. The van der Waals surface area contributed by atoms with E-state index >= 15 is 0 Å². The van der Waals surface area contributed by atoms with Crippen molar-refractivity contribution in [3.05, 3.63) is 12.7 Å². The molecule has 0 aromatic heterocycles. The molecule has 0 aliphatic carbocycles. The second kappa shape index (κ2) is 3.85. The van der Waals surface area contributed by atoms with E-state index in [1.54, 1.807) is 6.08 Å². The van der Waals surface area contributed by atoms with Crippen LogP contribution in [0.25, 0.3) is 0 Å². The lowest BCUT2D eigenvalue weighted by Crippen LogP contribution is -2.33. The second-order valence-electron chi connectivity index (χ2n) is 3.43. The maximum absolute atomic E-state index is 11.6. The molecule has 0 radical (unpaired) electrons. The molecule has 1 fully saturated rings. The van der Waals surface area contributed by atoms with Crippen molar-refractivity contribution in [3.63, 3.8) is 0 Å². The minimum atomic E-state index is -0.483. The first-order valence-electron chi connectivity index (χ1n) is 4.47. The molecule has 0 N–H and O–H groups in total. The summed E-state index contributed by atoms with van der Waals surface area (Å²) in [7, 11) is 0. The van der Waals surface area contributed by atoms with Crippen LogP contribution < -0.4 is 0 Å². The molecule has 68 valence electrons. The highest BCUT2D eigenvalue weighted by Gasteiger charge is 2.36. The van der Waals surface area contributed by atoms with Crippen molar-refractivity contribution in [1.82, 2.24) is 0 Å². The minimum absolute atomic E-state index is 0.222. The average molecular weight is 168 g/mol. The SMILES string of the molecule is C=CCCC(=O)[C@@]1(C)CCCO1. The fraction of sp³-hybridized carbons (Fsp3) is 0.700. The van der Waals surface area contributed by atoms with Gasteiger partial charge in [-0.2, -0.15) is 0 Å². The van der Waals surface area contributed by atoms with Gasteiger partial charge in [0, 0.05) is 13.0 Å². The van der Waals surface area contributed by atoms with E-state index in [-0.39, 0.29) is 5.78 Å². The Kier molecular flexibility index (Phi) is 3.04. The maximum Gasteiger partial charge on any atom is 0.164 e. The van der Waals surface area contributed by atoms with Gasteiger partial charge < -0.3 is 4.74 Å². The molecular weight excluding hydrogens is 152 g/mol. The van der Waals surface area contributed by atoms with Gasteiger partial charge in [-0.05, 0) is 26.2 Å². The summed E-state index contributed by atoms with van der Waals surface area (Å²) in [6.45, 7) is 6.22. The van der Waals surface area contributed by atoms with E-state index < -0.39 is 5.60 Å². The van der Waals surface area contributed by atoms with Crippen LogP contribution in [0.2, 0.25) is 0 Å². The van der Waals surface area contributed by atoms with Crippen molar-refractivity contribution < 1.29 is 9.53 Å². The van der Waals surface area contributed by atoms with Crippen LogP contribution in [0.5, 0.6) is 0 Å². The fourth-order valence-corrected chi connectivity index (χ4v) is 1.50. The molecule has 2 nitrogen and oxygen atoms in total. The van der Waals surface area contributed by atoms with Gasteiger partial charge in [-0.25, -0.2) is 0 Å². The Bertz CT molecular complexity index is 178. The van der Waals surface area contributed by atoms with Gasteiger partial charge in [0.05, 0.1) is 0 Å². The molecule has 0 spiro atoms. The number of carbonyl (C=O) groups is 1. The quantitative estimate of drug-likeness (QED) is 0.601. The van der Waals surface area contributed by atoms with Crippen LogP contribution in [-0.2, 0) is 9.53 Å². The van der Waals surface area contributed by atoms with Crippen LogP contribution in [0.1, 0.15) is 32.6 Å². The Labute approximate surface area is 73.6 Å². The van der Waals surface area contributed by atoms with Gasteiger partial charge in [-0.1, -0.05) is 6.08 Å². The summed E-state index contributed by atoms with van der Waals surface area (Å²) in [4.78, 5) is 11.6. The third-order valence-electron chi connectivity index (χ3n) is 2.38. The number of hydrogen-bond acceptors (Lipinski definition) is 2. The van der Waals surface area contributed by atoms with Crippen LogP contribution in [0.4, 0.5) is 0 Å². The second-order valence-corrected chi connectivity index (χ2v) is 3.43. The van der Waals surface area contributed by atoms with Gasteiger partial charge in [0.15, 0.2) is 5.78 Å². The zero-order valence-corrected chi connectivity index (χ0v) is 7.64. The number of carbonyl (C=O) groups excluding carboxylic acids is 1. The Hall–Kier alpha value is -0.630. The highest BCUT2D eigenvalue weighted by atomic mass is 16.5. The van der Waals surface area contributed by atoms with E-state index in [2.05, 4.69) is 6.58 Å². The summed E-state index contributed by atoms with van der Waals surface area (Å²) in [5.41, 5.74) is -0.483. The maximum atomic E-state index is 11.6. The minimum Gasteiger partial charge on any atom is -0.368 e. The smallest absolute Gasteiger partial charge is 0.164 e. The third kappa shape index (κ3) is 1.95. The van der Waals surface area contributed by atoms with Gasteiger partial charge in [0.2, 0.25) is 0 Å². The molecule has 1 aliphatic rings. The van der Waals surface area contributed by atoms with Gasteiger partial charge >= 0.3 is 0 Å². The van der Waals surface area contributed by atoms with E-state index in [4.69, 9.17) is 4.74 Å². The van der Waals surface area contributed by atoms with Crippen molar-refractivity contribution in [2.24, 2.45) is 0 Å². The largest absolute Gasteiger partial charge is 0.368 e. The molecule has 0 saturated carbocycles. The predicted molar refractivity (Wildman–Crippen MR) is 48.0 cm³/mol. The van der Waals surface area contributed by atoms with Crippen molar-refractivity contribution in [1.29, 1.82) is 0 Å². The average Bonchev–Trinajstić information content (AvgIpc) is 2.49. The Morgan fingerprint density at radius 2 is 2.50 bits per heavy atom. The van der Waals surface area contributed by atoms with Crippen LogP contribution in [0, 0.1) is 0 Å².